The predicted molar refractivity (Wildman–Crippen MR) is 144 cm³/mol. The number of halogens is 2. The summed E-state index contributed by atoms with van der Waals surface area (Å²) in [6, 6.07) is 13.3. The summed E-state index contributed by atoms with van der Waals surface area (Å²) in [5, 5.41) is 0. The summed E-state index contributed by atoms with van der Waals surface area (Å²) in [6.45, 7) is 7.92. The van der Waals surface area contributed by atoms with Gasteiger partial charge in [0.1, 0.15) is 24.6 Å². The average Bonchev–Trinajstić information content (AvgIpc) is 3.48. The van der Waals surface area contributed by atoms with Crippen LogP contribution in [-0.4, -0.2) is 38.6 Å². The number of nitrogen functional groups attached to an aromatic ring is 1. The van der Waals surface area contributed by atoms with E-state index in [1.807, 2.05) is 34.9 Å². The van der Waals surface area contributed by atoms with Gasteiger partial charge in [0, 0.05) is 20.9 Å². The summed E-state index contributed by atoms with van der Waals surface area (Å²) < 4.78 is 38.8. The Morgan fingerprint density at radius 1 is 0.973 bits per heavy atom. The van der Waals surface area contributed by atoms with Crippen LogP contribution < -0.4 is 5.73 Å². The van der Waals surface area contributed by atoms with E-state index in [1.165, 1.54) is 18.5 Å². The molecule has 0 unspecified atom stereocenters. The molecule has 3 heterocycles. The van der Waals surface area contributed by atoms with Crippen molar-refractivity contribution < 1.29 is 13.5 Å². The van der Waals surface area contributed by atoms with Crippen LogP contribution in [0, 0.1) is 11.6 Å². The molecule has 0 aliphatic rings. The number of ether oxygens (including phenoxy) is 1. The first-order chi connectivity index (χ1) is 17.7. The largest absolute Gasteiger partial charge is 0.396 e. The Labute approximate surface area is 214 Å². The van der Waals surface area contributed by atoms with Gasteiger partial charge in [-0.25, -0.2) is 18.7 Å². The first-order valence-electron chi connectivity index (χ1n) is 12.0. The van der Waals surface area contributed by atoms with Crippen LogP contribution in [0.15, 0.2) is 67.4 Å². The number of nitrogens with two attached hydrogens (primary N) is 1. The number of fused-ring (bicyclic) bond motifs is 1. The molecule has 0 spiro atoms. The normalized spacial score (nSPS) is 11.9. The van der Waals surface area contributed by atoms with Crippen LogP contribution >= 0.6 is 0 Å². The van der Waals surface area contributed by atoms with E-state index in [-0.39, 0.29) is 16.9 Å². The van der Waals surface area contributed by atoms with Gasteiger partial charge in [0.05, 0.1) is 40.5 Å². The molecule has 0 saturated heterocycles. The maximum absolute atomic E-state index is 14.6. The molecule has 0 radical (unpaired) electrons. The van der Waals surface area contributed by atoms with E-state index >= 15 is 0 Å². The van der Waals surface area contributed by atoms with Gasteiger partial charge in [-0.05, 0) is 23.7 Å². The third kappa shape index (κ3) is 5.02. The zero-order valence-electron chi connectivity index (χ0n) is 20.9. The van der Waals surface area contributed by atoms with Crippen molar-refractivity contribution >= 4 is 19.3 Å². The van der Waals surface area contributed by atoms with Crippen LogP contribution in [0.3, 0.4) is 0 Å². The van der Waals surface area contributed by atoms with Gasteiger partial charge >= 0.3 is 0 Å². The number of anilines is 1. The third-order valence-electron chi connectivity index (χ3n) is 6.15. The number of hydrogen-bond acceptors (Lipinski definition) is 5. The Morgan fingerprint density at radius 2 is 1.76 bits per heavy atom. The molecule has 5 rings (SSSR count). The molecule has 0 bridgehead atoms. The Balaban J connectivity index is 1.54. The lowest BCUT2D eigenvalue weighted by molar-refractivity contribution is 0.0893. The van der Waals surface area contributed by atoms with Crippen LogP contribution in [-0.2, 0) is 11.5 Å². The highest BCUT2D eigenvalue weighted by Gasteiger charge is 2.21. The lowest BCUT2D eigenvalue weighted by Gasteiger charge is -2.17. The summed E-state index contributed by atoms with van der Waals surface area (Å²) in [4.78, 5) is 13.6. The molecule has 0 atom stereocenters. The first kappa shape index (κ1) is 24.8. The number of nitrogens with zero attached hydrogens (tertiary/aromatic N) is 5. The molecule has 0 fully saturated rings. The maximum atomic E-state index is 14.6. The van der Waals surface area contributed by atoms with Crippen LogP contribution in [0.25, 0.3) is 39.5 Å². The van der Waals surface area contributed by atoms with Gasteiger partial charge in [-0.3, -0.25) is 9.55 Å². The van der Waals surface area contributed by atoms with Crippen LogP contribution in [0.5, 0.6) is 0 Å². The Morgan fingerprint density at radius 3 is 2.51 bits per heavy atom. The van der Waals surface area contributed by atoms with Crippen molar-refractivity contribution in [3.63, 3.8) is 0 Å². The molecule has 10 heteroatoms. The number of aromatic nitrogens is 5. The highest BCUT2D eigenvalue weighted by molar-refractivity contribution is 6.76. The number of imidazole rings is 2. The van der Waals surface area contributed by atoms with Gasteiger partial charge in [0.15, 0.2) is 11.6 Å². The molecule has 2 aromatic carbocycles. The molecule has 0 amide bonds. The first-order valence-corrected chi connectivity index (χ1v) is 15.7. The molecule has 0 saturated carbocycles. The standard InChI is InChI=1S/C27H28F2N6OSi/c1-37(2,3)12-11-36-17-35-22(18-7-5-4-6-8-18)13-32-27(35)26-23-14-31-21(15-34(23)16-33-26)24-19(28)9-10-20(30)25(24)29/h4-10,13-16H,11-12,17,30H2,1-3H3. The van der Waals surface area contributed by atoms with E-state index in [9.17, 15) is 8.78 Å². The van der Waals surface area contributed by atoms with Crippen molar-refractivity contribution in [1.82, 2.24) is 23.9 Å². The van der Waals surface area contributed by atoms with Crippen molar-refractivity contribution in [3.8, 4) is 34.0 Å². The molecule has 0 aliphatic heterocycles. The monoisotopic (exact) mass is 518 g/mol. The molecule has 3 aromatic heterocycles. The quantitative estimate of drug-likeness (QED) is 0.152. The summed E-state index contributed by atoms with van der Waals surface area (Å²) in [6.07, 6.45) is 6.44. The van der Waals surface area contributed by atoms with Gasteiger partial charge in [0.25, 0.3) is 0 Å². The average molecular weight is 519 g/mol. The fourth-order valence-corrected chi connectivity index (χ4v) is 4.83. The zero-order valence-corrected chi connectivity index (χ0v) is 21.9. The summed E-state index contributed by atoms with van der Waals surface area (Å²) in [5.41, 5.74) is 8.48. The van der Waals surface area contributed by atoms with Gasteiger partial charge in [-0.2, -0.15) is 0 Å². The third-order valence-corrected chi connectivity index (χ3v) is 7.85. The highest BCUT2D eigenvalue weighted by Crippen LogP contribution is 2.31. The van der Waals surface area contributed by atoms with Gasteiger partial charge < -0.3 is 14.9 Å². The molecule has 190 valence electrons. The molecule has 5 aromatic rings. The van der Waals surface area contributed by atoms with Crippen LogP contribution in [0.4, 0.5) is 14.5 Å². The Kier molecular flexibility index (Phi) is 6.61. The minimum absolute atomic E-state index is 0.113. The summed E-state index contributed by atoms with van der Waals surface area (Å²) >= 11 is 0. The van der Waals surface area contributed by atoms with Crippen LogP contribution in [0.1, 0.15) is 0 Å². The van der Waals surface area contributed by atoms with Gasteiger partial charge in [-0.1, -0.05) is 50.0 Å². The van der Waals surface area contributed by atoms with Crippen molar-refractivity contribution in [2.45, 2.75) is 32.4 Å². The summed E-state index contributed by atoms with van der Waals surface area (Å²) in [5.74, 6) is -0.965. The second-order valence-corrected chi connectivity index (χ2v) is 15.7. The molecular weight excluding hydrogens is 490 g/mol. The van der Waals surface area contributed by atoms with E-state index in [2.05, 4.69) is 34.6 Å². The second-order valence-electron chi connectivity index (χ2n) is 10.1. The smallest absolute Gasteiger partial charge is 0.163 e. The zero-order chi connectivity index (χ0) is 26.2. The summed E-state index contributed by atoms with van der Waals surface area (Å²) in [7, 11) is -1.24. The fraction of sp³-hybridized carbons (Fsp3) is 0.222. The SMILES string of the molecule is C[Si](C)(C)CCOCn1c(-c2ccccc2)cnc1-c1ncn2cc(-c3c(F)ccc(N)c3F)ncc12. The van der Waals surface area contributed by atoms with Crippen molar-refractivity contribution in [3.05, 3.63) is 79.0 Å². The van der Waals surface area contributed by atoms with E-state index in [0.717, 1.165) is 23.4 Å². The number of benzene rings is 2. The lowest BCUT2D eigenvalue weighted by Crippen LogP contribution is -2.22. The van der Waals surface area contributed by atoms with E-state index in [4.69, 9.17) is 10.5 Å². The molecule has 0 aliphatic carbocycles. The number of hydrogen-bond donors (Lipinski definition) is 1. The second kappa shape index (κ2) is 9.87. The maximum Gasteiger partial charge on any atom is 0.163 e. The Bertz CT molecular complexity index is 1560. The Hall–Kier alpha value is -3.89. The van der Waals surface area contributed by atoms with E-state index < -0.39 is 19.7 Å². The molecule has 2 N–H and O–H groups in total. The van der Waals surface area contributed by atoms with Crippen molar-refractivity contribution in [1.29, 1.82) is 0 Å². The molecule has 7 nitrogen and oxygen atoms in total. The number of rotatable bonds is 8. The minimum atomic E-state index is -1.24. The fourth-order valence-electron chi connectivity index (χ4n) is 4.07. The topological polar surface area (TPSA) is 83.3 Å². The van der Waals surface area contributed by atoms with E-state index in [0.29, 0.717) is 30.4 Å². The predicted octanol–water partition coefficient (Wildman–Crippen LogP) is 6.10. The van der Waals surface area contributed by atoms with Crippen LogP contribution in [0.2, 0.25) is 25.7 Å². The van der Waals surface area contributed by atoms with Crippen molar-refractivity contribution in [2.24, 2.45) is 0 Å². The van der Waals surface area contributed by atoms with Gasteiger partial charge in [0.2, 0.25) is 0 Å². The van der Waals surface area contributed by atoms with E-state index in [1.54, 1.807) is 16.9 Å². The van der Waals surface area contributed by atoms with Crippen molar-refractivity contribution in [2.75, 3.05) is 12.3 Å². The minimum Gasteiger partial charge on any atom is -0.396 e. The lowest BCUT2D eigenvalue weighted by atomic mass is 10.1. The molecule has 37 heavy (non-hydrogen) atoms. The highest BCUT2D eigenvalue weighted by atomic mass is 28.3. The molecular formula is C27H28F2N6OSi. The van der Waals surface area contributed by atoms with Gasteiger partial charge in [-0.15, -0.1) is 0 Å².